The van der Waals surface area contributed by atoms with Crippen molar-refractivity contribution >= 4 is 17.3 Å². The van der Waals surface area contributed by atoms with Crippen LogP contribution < -0.4 is 16.6 Å². The molecule has 0 aromatic rings. The topological polar surface area (TPSA) is 50.1 Å². The van der Waals surface area contributed by atoms with Crippen LogP contribution in [0, 0.1) is 11.8 Å². The smallest absolute Gasteiger partial charge is 0.180 e. The molecule has 13 heavy (non-hydrogen) atoms. The van der Waals surface area contributed by atoms with Gasteiger partial charge in [-0.25, -0.2) is 5.84 Å². The quantitative estimate of drug-likeness (QED) is 0.367. The molecule has 0 aliphatic heterocycles. The first-order chi connectivity index (χ1) is 6.02. The second kappa shape index (κ2) is 6.16. The van der Waals surface area contributed by atoms with Crippen LogP contribution in [0.5, 0.6) is 0 Å². The van der Waals surface area contributed by atoms with Gasteiger partial charge in [0.2, 0.25) is 0 Å². The minimum absolute atomic E-state index is 0.406. The van der Waals surface area contributed by atoms with Crippen LogP contribution >= 0.6 is 12.2 Å². The van der Waals surface area contributed by atoms with E-state index in [-0.39, 0.29) is 0 Å². The van der Waals surface area contributed by atoms with Crippen molar-refractivity contribution in [2.45, 2.75) is 40.2 Å². The Morgan fingerprint density at radius 2 is 1.92 bits per heavy atom. The number of nitrogens with one attached hydrogen (secondary N) is 2. The Hall–Kier alpha value is -0.350. The van der Waals surface area contributed by atoms with Crippen molar-refractivity contribution in [3.8, 4) is 0 Å². The third-order valence-electron chi connectivity index (χ3n) is 2.57. The van der Waals surface area contributed by atoms with Crippen LogP contribution in [0.2, 0.25) is 0 Å². The van der Waals surface area contributed by atoms with Crippen molar-refractivity contribution in [3.05, 3.63) is 0 Å². The van der Waals surface area contributed by atoms with E-state index in [1.165, 1.54) is 0 Å². The van der Waals surface area contributed by atoms with Gasteiger partial charge < -0.3 is 10.7 Å². The van der Waals surface area contributed by atoms with Crippen LogP contribution in [-0.2, 0) is 0 Å². The zero-order chi connectivity index (χ0) is 10.4. The Morgan fingerprint density at radius 1 is 1.38 bits per heavy atom. The molecule has 0 aliphatic carbocycles. The summed E-state index contributed by atoms with van der Waals surface area (Å²) in [4.78, 5) is 0. The standard InChI is InChI=1S/C9H21N3S/c1-5-8(7(4)6(2)3)11-9(13)12-10/h6-8H,5,10H2,1-4H3,(H2,11,12,13). The summed E-state index contributed by atoms with van der Waals surface area (Å²) in [5.74, 6) is 6.44. The van der Waals surface area contributed by atoms with E-state index < -0.39 is 0 Å². The molecule has 0 aliphatic rings. The largest absolute Gasteiger partial charge is 0.359 e. The molecule has 0 spiro atoms. The minimum Gasteiger partial charge on any atom is -0.359 e. The van der Waals surface area contributed by atoms with Crippen molar-refractivity contribution in [2.24, 2.45) is 17.7 Å². The molecular weight excluding hydrogens is 182 g/mol. The summed E-state index contributed by atoms with van der Waals surface area (Å²) >= 11 is 4.96. The maximum Gasteiger partial charge on any atom is 0.180 e. The van der Waals surface area contributed by atoms with E-state index in [2.05, 4.69) is 38.4 Å². The van der Waals surface area contributed by atoms with Crippen LogP contribution in [-0.4, -0.2) is 11.2 Å². The highest BCUT2D eigenvalue weighted by Crippen LogP contribution is 2.16. The molecule has 0 bridgehead atoms. The van der Waals surface area contributed by atoms with Crippen molar-refractivity contribution in [1.82, 2.24) is 10.7 Å². The van der Waals surface area contributed by atoms with Gasteiger partial charge in [-0.3, -0.25) is 0 Å². The van der Waals surface area contributed by atoms with Gasteiger partial charge in [0.05, 0.1) is 0 Å². The third kappa shape index (κ3) is 4.43. The fourth-order valence-electron chi connectivity index (χ4n) is 1.28. The van der Waals surface area contributed by atoms with Crippen LogP contribution in [0.1, 0.15) is 34.1 Å². The summed E-state index contributed by atoms with van der Waals surface area (Å²) in [7, 11) is 0. The molecule has 4 heteroatoms. The summed E-state index contributed by atoms with van der Waals surface area (Å²) in [6.45, 7) is 8.81. The van der Waals surface area contributed by atoms with Crippen LogP contribution in [0.25, 0.3) is 0 Å². The molecule has 3 nitrogen and oxygen atoms in total. The van der Waals surface area contributed by atoms with Crippen molar-refractivity contribution in [2.75, 3.05) is 0 Å². The predicted molar refractivity (Wildman–Crippen MR) is 61.1 cm³/mol. The normalized spacial score (nSPS) is 15.2. The number of thiocarbonyl (C=S) groups is 1. The highest BCUT2D eigenvalue weighted by atomic mass is 32.1. The van der Waals surface area contributed by atoms with Gasteiger partial charge in [0, 0.05) is 6.04 Å². The molecule has 78 valence electrons. The highest BCUT2D eigenvalue weighted by Gasteiger charge is 2.18. The summed E-state index contributed by atoms with van der Waals surface area (Å²) in [6.07, 6.45) is 1.06. The first kappa shape index (κ1) is 12.7. The first-order valence-corrected chi connectivity index (χ1v) is 5.20. The van der Waals surface area contributed by atoms with E-state index in [1.54, 1.807) is 0 Å². The van der Waals surface area contributed by atoms with Crippen LogP contribution in [0.4, 0.5) is 0 Å². The van der Waals surface area contributed by atoms with E-state index in [1.807, 2.05) is 0 Å². The number of hydrogen-bond acceptors (Lipinski definition) is 2. The second-order valence-electron chi connectivity index (χ2n) is 3.74. The molecule has 0 aromatic carbocycles. The van der Waals surface area contributed by atoms with E-state index in [9.17, 15) is 0 Å². The molecule has 0 amide bonds. The van der Waals surface area contributed by atoms with Crippen molar-refractivity contribution in [1.29, 1.82) is 0 Å². The second-order valence-corrected chi connectivity index (χ2v) is 4.14. The Balaban J connectivity index is 4.09. The SMILES string of the molecule is CCC(NC(=S)NN)C(C)C(C)C. The lowest BCUT2D eigenvalue weighted by atomic mass is 9.89. The molecule has 2 unspecified atom stereocenters. The van der Waals surface area contributed by atoms with Gasteiger partial charge in [-0.2, -0.15) is 0 Å². The summed E-state index contributed by atoms with van der Waals surface area (Å²) < 4.78 is 0. The number of hydrazine groups is 1. The molecule has 0 heterocycles. The van der Waals surface area contributed by atoms with E-state index >= 15 is 0 Å². The Labute approximate surface area is 86.4 Å². The fraction of sp³-hybridized carbons (Fsp3) is 0.889. The predicted octanol–water partition coefficient (Wildman–Crippen LogP) is 1.39. The lowest BCUT2D eigenvalue weighted by Gasteiger charge is -2.27. The molecule has 4 N–H and O–H groups in total. The molecule has 0 radical (unpaired) electrons. The summed E-state index contributed by atoms with van der Waals surface area (Å²) in [6, 6.07) is 0.406. The lowest BCUT2D eigenvalue weighted by molar-refractivity contribution is 0.318. The van der Waals surface area contributed by atoms with Gasteiger partial charge >= 0.3 is 0 Å². The van der Waals surface area contributed by atoms with E-state index in [0.29, 0.717) is 23.0 Å². The third-order valence-corrected chi connectivity index (χ3v) is 2.81. The maximum atomic E-state index is 5.20. The minimum atomic E-state index is 0.406. The Kier molecular flexibility index (Phi) is 5.99. The number of nitrogens with two attached hydrogens (primary N) is 1. The average Bonchev–Trinajstić information content (AvgIpc) is 2.12. The van der Waals surface area contributed by atoms with Crippen molar-refractivity contribution < 1.29 is 0 Å². The van der Waals surface area contributed by atoms with Crippen molar-refractivity contribution in [3.63, 3.8) is 0 Å². The van der Waals surface area contributed by atoms with Gasteiger partial charge in [-0.15, -0.1) is 0 Å². The summed E-state index contributed by atoms with van der Waals surface area (Å²) in [5.41, 5.74) is 2.44. The molecule has 2 atom stereocenters. The maximum absolute atomic E-state index is 5.20. The van der Waals surface area contributed by atoms with Gasteiger partial charge in [-0.1, -0.05) is 27.7 Å². The monoisotopic (exact) mass is 203 g/mol. The van der Waals surface area contributed by atoms with E-state index in [0.717, 1.165) is 6.42 Å². The molecule has 0 fully saturated rings. The molecule has 0 saturated heterocycles. The summed E-state index contributed by atoms with van der Waals surface area (Å²) in [5, 5.41) is 3.72. The van der Waals surface area contributed by atoms with Crippen LogP contribution in [0.3, 0.4) is 0 Å². The number of hydrogen-bond donors (Lipinski definition) is 3. The fourth-order valence-corrected chi connectivity index (χ4v) is 1.43. The van der Waals surface area contributed by atoms with Gasteiger partial charge in [0.1, 0.15) is 0 Å². The molecule has 0 saturated carbocycles. The first-order valence-electron chi connectivity index (χ1n) is 4.80. The zero-order valence-electron chi connectivity index (χ0n) is 8.92. The highest BCUT2D eigenvalue weighted by molar-refractivity contribution is 7.80. The Bertz CT molecular complexity index is 159. The molecule has 0 rings (SSSR count). The average molecular weight is 203 g/mol. The van der Waals surface area contributed by atoms with Gasteiger partial charge in [0.15, 0.2) is 5.11 Å². The molecule has 0 aromatic heterocycles. The van der Waals surface area contributed by atoms with Crippen LogP contribution in [0.15, 0.2) is 0 Å². The lowest BCUT2D eigenvalue weighted by Crippen LogP contribution is -2.47. The van der Waals surface area contributed by atoms with E-state index in [4.69, 9.17) is 18.1 Å². The zero-order valence-corrected chi connectivity index (χ0v) is 9.74. The van der Waals surface area contributed by atoms with Gasteiger partial charge in [0.25, 0.3) is 0 Å². The Morgan fingerprint density at radius 3 is 2.23 bits per heavy atom. The molecular formula is C9H21N3S. The number of rotatable bonds is 4. The van der Waals surface area contributed by atoms with Gasteiger partial charge in [-0.05, 0) is 30.5 Å².